The van der Waals surface area contributed by atoms with Gasteiger partial charge < -0.3 is 20.3 Å². The number of fused-ring (bicyclic) bond motifs is 1. The quantitative estimate of drug-likeness (QED) is 0.298. The lowest BCUT2D eigenvalue weighted by Gasteiger charge is -2.28. The van der Waals surface area contributed by atoms with Crippen molar-refractivity contribution in [1.82, 2.24) is 19.7 Å². The van der Waals surface area contributed by atoms with Crippen molar-refractivity contribution < 1.29 is 9.53 Å². The van der Waals surface area contributed by atoms with Gasteiger partial charge in [0.05, 0.1) is 24.1 Å². The molecular formula is C30H33N7O2. The van der Waals surface area contributed by atoms with Crippen molar-refractivity contribution in [1.29, 1.82) is 0 Å². The van der Waals surface area contributed by atoms with Crippen LogP contribution in [0.5, 0.6) is 5.75 Å². The average Bonchev–Trinajstić information content (AvgIpc) is 3.38. The summed E-state index contributed by atoms with van der Waals surface area (Å²) in [6, 6.07) is 19.1. The monoisotopic (exact) mass is 523 g/mol. The number of nitrogens with zero attached hydrogens (tertiary/aromatic N) is 5. The van der Waals surface area contributed by atoms with Gasteiger partial charge in [-0.3, -0.25) is 9.78 Å². The second-order valence-corrected chi connectivity index (χ2v) is 9.19. The van der Waals surface area contributed by atoms with Crippen LogP contribution in [0.1, 0.15) is 39.3 Å². The van der Waals surface area contributed by atoms with Gasteiger partial charge in [-0.1, -0.05) is 12.1 Å². The predicted octanol–water partition coefficient (Wildman–Crippen LogP) is 5.51. The minimum atomic E-state index is -0.496. The van der Waals surface area contributed by atoms with Crippen LogP contribution in [0, 0.1) is 0 Å². The first-order valence-electron chi connectivity index (χ1n) is 13.3. The molecule has 1 amide bonds. The van der Waals surface area contributed by atoms with Gasteiger partial charge in [0.1, 0.15) is 11.8 Å². The van der Waals surface area contributed by atoms with E-state index < -0.39 is 6.04 Å². The highest BCUT2D eigenvalue weighted by atomic mass is 16.5. The summed E-state index contributed by atoms with van der Waals surface area (Å²) in [7, 11) is 0. The molecule has 5 rings (SSSR count). The van der Waals surface area contributed by atoms with Gasteiger partial charge in [0.25, 0.3) is 5.91 Å². The van der Waals surface area contributed by atoms with E-state index >= 15 is 0 Å². The Balaban J connectivity index is 1.54. The summed E-state index contributed by atoms with van der Waals surface area (Å²) in [4.78, 5) is 24.9. The van der Waals surface area contributed by atoms with Gasteiger partial charge >= 0.3 is 0 Å². The van der Waals surface area contributed by atoms with E-state index in [0.29, 0.717) is 35.3 Å². The molecule has 39 heavy (non-hydrogen) atoms. The first-order valence-corrected chi connectivity index (χ1v) is 13.3. The molecule has 0 saturated carbocycles. The molecule has 1 aliphatic rings. The maximum absolute atomic E-state index is 13.6. The molecule has 0 fully saturated rings. The van der Waals surface area contributed by atoms with Crippen LogP contribution in [0.15, 0.2) is 84.3 Å². The van der Waals surface area contributed by atoms with E-state index in [1.54, 1.807) is 23.1 Å². The van der Waals surface area contributed by atoms with E-state index in [2.05, 4.69) is 46.5 Å². The Morgan fingerprint density at radius 1 is 1.05 bits per heavy atom. The normalized spacial score (nSPS) is 14.4. The van der Waals surface area contributed by atoms with Crippen LogP contribution in [-0.4, -0.2) is 45.4 Å². The standard InChI is InChI=1S/C30H33N7O2/c1-5-36(6-2)24-14-10-22(11-15-24)28-34-30-32-20(4)26(29(38)33-23-9-8-18-31-19-23)27(37(30)35-28)21-12-16-25(17-13-21)39-7-3/h8-19,27H,5-7H2,1-4H3,(H,33,38)(H,32,34,35). The van der Waals surface area contributed by atoms with E-state index in [1.165, 1.54) is 0 Å². The van der Waals surface area contributed by atoms with Crippen molar-refractivity contribution in [3.8, 4) is 17.1 Å². The van der Waals surface area contributed by atoms with Crippen LogP contribution in [0.2, 0.25) is 0 Å². The zero-order chi connectivity index (χ0) is 27.4. The number of aromatic nitrogens is 4. The van der Waals surface area contributed by atoms with Gasteiger partial charge in [-0.2, -0.15) is 4.98 Å². The molecule has 9 heteroatoms. The largest absolute Gasteiger partial charge is 0.494 e. The third-order valence-corrected chi connectivity index (χ3v) is 6.78. The zero-order valence-electron chi connectivity index (χ0n) is 22.7. The first kappa shape index (κ1) is 26.0. The van der Waals surface area contributed by atoms with Crippen LogP contribution in [0.25, 0.3) is 11.4 Å². The summed E-state index contributed by atoms with van der Waals surface area (Å²) < 4.78 is 7.43. The summed E-state index contributed by atoms with van der Waals surface area (Å²) in [5, 5.41) is 11.2. The lowest BCUT2D eigenvalue weighted by molar-refractivity contribution is -0.113. The highest BCUT2D eigenvalue weighted by Crippen LogP contribution is 2.37. The molecule has 2 aromatic heterocycles. The number of hydrogen-bond donors (Lipinski definition) is 2. The summed E-state index contributed by atoms with van der Waals surface area (Å²) in [5.74, 6) is 1.69. The van der Waals surface area contributed by atoms with Crippen molar-refractivity contribution in [3.05, 3.63) is 89.9 Å². The topological polar surface area (TPSA) is 97.2 Å². The Labute approximate surface area is 228 Å². The lowest BCUT2D eigenvalue weighted by Crippen LogP contribution is -2.31. The van der Waals surface area contributed by atoms with Crippen LogP contribution < -0.4 is 20.3 Å². The van der Waals surface area contributed by atoms with E-state index in [1.807, 2.05) is 56.3 Å². The molecule has 200 valence electrons. The Morgan fingerprint density at radius 3 is 2.44 bits per heavy atom. The number of nitrogens with one attached hydrogen (secondary N) is 2. The van der Waals surface area contributed by atoms with Gasteiger partial charge in [0, 0.05) is 36.2 Å². The summed E-state index contributed by atoms with van der Waals surface area (Å²) in [6.45, 7) is 10.6. The average molecular weight is 524 g/mol. The fraction of sp³-hybridized carbons (Fsp3) is 0.267. The minimum absolute atomic E-state index is 0.238. The number of carbonyl (C=O) groups excluding carboxylic acids is 1. The summed E-state index contributed by atoms with van der Waals surface area (Å²) >= 11 is 0. The van der Waals surface area contributed by atoms with Gasteiger partial charge in [-0.25, -0.2) is 4.68 Å². The number of allylic oxidation sites excluding steroid dienone is 1. The van der Waals surface area contributed by atoms with Crippen molar-refractivity contribution in [2.24, 2.45) is 0 Å². The molecule has 4 aromatic rings. The molecular weight excluding hydrogens is 490 g/mol. The number of ether oxygens (including phenoxy) is 1. The number of pyridine rings is 1. The van der Waals surface area contributed by atoms with E-state index in [9.17, 15) is 4.79 Å². The SMILES string of the molecule is CCOc1ccc(C2C(C(=O)Nc3cccnc3)=C(C)Nc3nc(-c4ccc(N(CC)CC)cc4)nn32)cc1. The molecule has 9 nitrogen and oxygen atoms in total. The number of amides is 1. The highest BCUT2D eigenvalue weighted by molar-refractivity contribution is 6.06. The molecule has 1 atom stereocenters. The van der Waals surface area contributed by atoms with E-state index in [-0.39, 0.29) is 5.91 Å². The number of anilines is 3. The van der Waals surface area contributed by atoms with E-state index in [0.717, 1.165) is 35.7 Å². The van der Waals surface area contributed by atoms with Gasteiger partial charge in [-0.15, -0.1) is 5.10 Å². The molecule has 0 bridgehead atoms. The van der Waals surface area contributed by atoms with Crippen LogP contribution in [0.3, 0.4) is 0 Å². The summed E-state index contributed by atoms with van der Waals surface area (Å²) in [6.07, 6.45) is 3.29. The molecule has 1 unspecified atom stereocenters. The van der Waals surface area contributed by atoms with Crippen molar-refractivity contribution in [2.45, 2.75) is 33.7 Å². The molecule has 3 heterocycles. The lowest BCUT2D eigenvalue weighted by atomic mass is 9.95. The molecule has 0 aliphatic carbocycles. The maximum atomic E-state index is 13.6. The molecule has 0 radical (unpaired) electrons. The molecule has 1 aliphatic heterocycles. The Kier molecular flexibility index (Phi) is 7.58. The Morgan fingerprint density at radius 2 is 1.79 bits per heavy atom. The van der Waals surface area contributed by atoms with E-state index in [4.69, 9.17) is 14.8 Å². The molecule has 2 N–H and O–H groups in total. The predicted molar refractivity (Wildman–Crippen MR) is 154 cm³/mol. The number of rotatable bonds is 9. The molecule has 2 aromatic carbocycles. The van der Waals surface area contributed by atoms with Crippen LogP contribution >= 0.6 is 0 Å². The van der Waals surface area contributed by atoms with Crippen molar-refractivity contribution in [3.63, 3.8) is 0 Å². The molecule has 0 saturated heterocycles. The third-order valence-electron chi connectivity index (χ3n) is 6.78. The fourth-order valence-electron chi connectivity index (χ4n) is 4.83. The third kappa shape index (κ3) is 5.34. The number of hydrogen-bond acceptors (Lipinski definition) is 7. The first-order chi connectivity index (χ1) is 19.0. The van der Waals surface area contributed by atoms with Gasteiger partial charge in [0.2, 0.25) is 5.95 Å². The number of benzene rings is 2. The van der Waals surface area contributed by atoms with Crippen molar-refractivity contribution >= 4 is 23.2 Å². The second-order valence-electron chi connectivity index (χ2n) is 9.19. The minimum Gasteiger partial charge on any atom is -0.494 e. The fourth-order valence-corrected chi connectivity index (χ4v) is 4.83. The van der Waals surface area contributed by atoms with Crippen LogP contribution in [-0.2, 0) is 4.79 Å². The second kappa shape index (κ2) is 11.4. The van der Waals surface area contributed by atoms with Crippen molar-refractivity contribution in [2.75, 3.05) is 35.2 Å². The van der Waals surface area contributed by atoms with Gasteiger partial charge in [-0.05, 0) is 81.8 Å². The van der Waals surface area contributed by atoms with Crippen LogP contribution in [0.4, 0.5) is 17.3 Å². The maximum Gasteiger partial charge on any atom is 0.255 e. The van der Waals surface area contributed by atoms with Gasteiger partial charge in [0.15, 0.2) is 5.82 Å². The smallest absolute Gasteiger partial charge is 0.255 e. The number of carbonyl (C=O) groups is 1. The Bertz CT molecular complexity index is 1460. The molecule has 0 spiro atoms. The summed E-state index contributed by atoms with van der Waals surface area (Å²) in [5.41, 5.74) is 4.82. The Hall–Kier alpha value is -4.66. The zero-order valence-corrected chi connectivity index (χ0v) is 22.7. The highest BCUT2D eigenvalue weighted by Gasteiger charge is 2.34.